The van der Waals surface area contributed by atoms with Crippen molar-refractivity contribution in [1.82, 2.24) is 9.47 Å². The second-order valence-electron chi connectivity index (χ2n) is 7.98. The van der Waals surface area contributed by atoms with E-state index in [-0.39, 0.29) is 23.1 Å². The Morgan fingerprint density at radius 3 is 2.77 bits per heavy atom. The summed E-state index contributed by atoms with van der Waals surface area (Å²) in [5.74, 6) is -0.498. The third-order valence-corrected chi connectivity index (χ3v) is 6.52. The Morgan fingerprint density at radius 2 is 2.06 bits per heavy atom. The van der Waals surface area contributed by atoms with Gasteiger partial charge in [-0.2, -0.15) is 0 Å². The van der Waals surface area contributed by atoms with E-state index in [0.29, 0.717) is 29.3 Å². The van der Waals surface area contributed by atoms with Crippen LogP contribution in [0.15, 0.2) is 41.3 Å². The van der Waals surface area contributed by atoms with Gasteiger partial charge < -0.3 is 19.5 Å². The number of pyridine rings is 1. The molecule has 0 saturated carbocycles. The predicted molar refractivity (Wildman–Crippen MR) is 122 cm³/mol. The molecule has 1 aliphatic rings. The number of ether oxygens (including phenoxy) is 1. The van der Waals surface area contributed by atoms with Crippen molar-refractivity contribution in [1.29, 1.82) is 0 Å². The van der Waals surface area contributed by atoms with Gasteiger partial charge in [-0.3, -0.25) is 14.4 Å². The van der Waals surface area contributed by atoms with E-state index in [1.807, 2.05) is 18.2 Å². The van der Waals surface area contributed by atoms with E-state index in [2.05, 4.69) is 5.32 Å². The highest BCUT2D eigenvalue weighted by Gasteiger charge is 2.21. The first-order valence-electron chi connectivity index (χ1n) is 10.2. The molecule has 3 aromatic rings. The van der Waals surface area contributed by atoms with E-state index in [0.717, 1.165) is 22.9 Å². The summed E-state index contributed by atoms with van der Waals surface area (Å²) in [6.45, 7) is 2.92. The predicted octanol–water partition coefficient (Wildman–Crippen LogP) is 3.50. The molecule has 0 bridgehead atoms. The van der Waals surface area contributed by atoms with Gasteiger partial charge in [0, 0.05) is 37.3 Å². The van der Waals surface area contributed by atoms with Crippen LogP contribution in [0, 0.1) is 6.92 Å². The number of hydrogen-bond acceptors (Lipinski definition) is 5. The van der Waals surface area contributed by atoms with Crippen LogP contribution in [0.4, 0.5) is 5.69 Å². The number of anilines is 1. The molecule has 0 aliphatic carbocycles. The summed E-state index contributed by atoms with van der Waals surface area (Å²) in [7, 11) is 3.43. The standard InChI is InChI=1S/C23H25N3O4S/c1-14-8-9-26(13-17-5-4-10-30-17)23(29)20(14)21(27)24-16-6-7-18-15(11-16)12-19(31-18)22(28)25(2)3/h6-9,11-12,17H,4-5,10,13H2,1-3H3,(H,24,27). The van der Waals surface area contributed by atoms with Gasteiger partial charge in [-0.25, -0.2) is 0 Å². The first-order valence-corrected chi connectivity index (χ1v) is 11.0. The van der Waals surface area contributed by atoms with Gasteiger partial charge in [-0.05, 0) is 61.0 Å². The topological polar surface area (TPSA) is 80.6 Å². The van der Waals surface area contributed by atoms with Crippen LogP contribution in [0.3, 0.4) is 0 Å². The number of amides is 2. The number of aryl methyl sites for hydroxylation is 1. The van der Waals surface area contributed by atoms with E-state index in [1.165, 1.54) is 16.2 Å². The maximum absolute atomic E-state index is 13.0. The smallest absolute Gasteiger partial charge is 0.263 e. The van der Waals surface area contributed by atoms with Gasteiger partial charge in [-0.15, -0.1) is 11.3 Å². The molecule has 1 aromatic carbocycles. The number of aromatic nitrogens is 1. The SMILES string of the molecule is Cc1ccn(CC2CCCO2)c(=O)c1C(=O)Nc1ccc2sc(C(=O)N(C)C)cc2c1. The van der Waals surface area contributed by atoms with E-state index in [9.17, 15) is 14.4 Å². The fraction of sp³-hybridized carbons (Fsp3) is 0.348. The second-order valence-corrected chi connectivity index (χ2v) is 9.07. The zero-order valence-corrected chi connectivity index (χ0v) is 18.6. The minimum atomic E-state index is -0.441. The average Bonchev–Trinajstić information content (AvgIpc) is 3.38. The lowest BCUT2D eigenvalue weighted by atomic mass is 10.1. The molecule has 0 spiro atoms. The summed E-state index contributed by atoms with van der Waals surface area (Å²) < 4.78 is 8.14. The Balaban J connectivity index is 1.58. The molecule has 162 valence electrons. The summed E-state index contributed by atoms with van der Waals surface area (Å²) in [5.41, 5.74) is 1.02. The lowest BCUT2D eigenvalue weighted by Gasteiger charge is -2.14. The van der Waals surface area contributed by atoms with Crippen LogP contribution in [0.2, 0.25) is 0 Å². The first kappa shape index (κ1) is 21.3. The molecule has 8 heteroatoms. The van der Waals surface area contributed by atoms with Gasteiger partial charge in [0.15, 0.2) is 0 Å². The molecule has 2 aromatic heterocycles. The van der Waals surface area contributed by atoms with Crippen molar-refractivity contribution in [2.45, 2.75) is 32.4 Å². The monoisotopic (exact) mass is 439 g/mol. The number of fused-ring (bicyclic) bond motifs is 1. The van der Waals surface area contributed by atoms with Crippen LogP contribution in [0.5, 0.6) is 0 Å². The minimum absolute atomic E-state index is 0.0105. The number of hydrogen-bond donors (Lipinski definition) is 1. The minimum Gasteiger partial charge on any atom is -0.376 e. The molecule has 0 radical (unpaired) electrons. The van der Waals surface area contributed by atoms with Crippen LogP contribution >= 0.6 is 11.3 Å². The molecule has 1 fully saturated rings. The lowest BCUT2D eigenvalue weighted by Crippen LogP contribution is -2.32. The van der Waals surface area contributed by atoms with Gasteiger partial charge >= 0.3 is 0 Å². The average molecular weight is 440 g/mol. The lowest BCUT2D eigenvalue weighted by molar-refractivity contribution is 0.0832. The number of nitrogens with zero attached hydrogens (tertiary/aromatic N) is 2. The van der Waals surface area contributed by atoms with Crippen molar-refractivity contribution in [3.05, 3.63) is 62.9 Å². The number of thiophene rings is 1. The first-order chi connectivity index (χ1) is 14.8. The quantitative estimate of drug-likeness (QED) is 0.660. The Labute approximate surface area is 184 Å². The van der Waals surface area contributed by atoms with Gasteiger partial charge in [0.25, 0.3) is 17.4 Å². The Hall–Kier alpha value is -2.97. The molecule has 1 saturated heterocycles. The molecule has 1 atom stereocenters. The summed E-state index contributed by atoms with van der Waals surface area (Å²) >= 11 is 1.41. The van der Waals surface area contributed by atoms with E-state index in [4.69, 9.17) is 4.74 Å². The number of carbonyl (C=O) groups excluding carboxylic acids is 2. The fourth-order valence-electron chi connectivity index (χ4n) is 3.73. The summed E-state index contributed by atoms with van der Waals surface area (Å²) in [6.07, 6.45) is 3.64. The molecule has 1 N–H and O–H groups in total. The van der Waals surface area contributed by atoms with Crippen molar-refractivity contribution in [2.75, 3.05) is 26.0 Å². The van der Waals surface area contributed by atoms with E-state index in [1.54, 1.807) is 43.9 Å². The highest BCUT2D eigenvalue weighted by Crippen LogP contribution is 2.29. The molecule has 7 nitrogen and oxygen atoms in total. The zero-order chi connectivity index (χ0) is 22.1. The maximum Gasteiger partial charge on any atom is 0.263 e. The molecule has 31 heavy (non-hydrogen) atoms. The largest absolute Gasteiger partial charge is 0.376 e. The van der Waals surface area contributed by atoms with Gasteiger partial charge in [-0.1, -0.05) is 0 Å². The van der Waals surface area contributed by atoms with Gasteiger partial charge in [0.2, 0.25) is 0 Å². The third kappa shape index (κ3) is 4.40. The van der Waals surface area contributed by atoms with Crippen molar-refractivity contribution < 1.29 is 14.3 Å². The zero-order valence-electron chi connectivity index (χ0n) is 17.8. The maximum atomic E-state index is 13.0. The van der Waals surface area contributed by atoms with Crippen molar-refractivity contribution >= 4 is 38.9 Å². The van der Waals surface area contributed by atoms with Crippen LogP contribution in [0.25, 0.3) is 10.1 Å². The summed E-state index contributed by atoms with van der Waals surface area (Å²) in [6, 6.07) is 9.08. The van der Waals surface area contributed by atoms with Crippen molar-refractivity contribution in [3.63, 3.8) is 0 Å². The number of carbonyl (C=O) groups is 2. The van der Waals surface area contributed by atoms with Crippen molar-refractivity contribution in [2.24, 2.45) is 0 Å². The van der Waals surface area contributed by atoms with Crippen LogP contribution in [-0.2, 0) is 11.3 Å². The molecular formula is C23H25N3O4S. The number of benzene rings is 1. The number of nitrogens with one attached hydrogen (secondary N) is 1. The molecule has 2 amide bonds. The molecule has 4 rings (SSSR count). The molecular weight excluding hydrogens is 414 g/mol. The fourth-order valence-corrected chi connectivity index (χ4v) is 4.80. The Bertz CT molecular complexity index is 1210. The summed E-state index contributed by atoms with van der Waals surface area (Å²) in [5, 5.41) is 3.71. The highest BCUT2D eigenvalue weighted by atomic mass is 32.1. The normalized spacial score (nSPS) is 15.9. The Kier molecular flexibility index (Phi) is 5.93. The Morgan fingerprint density at radius 1 is 1.26 bits per heavy atom. The molecule has 3 heterocycles. The highest BCUT2D eigenvalue weighted by molar-refractivity contribution is 7.20. The van der Waals surface area contributed by atoms with Gasteiger partial charge in [0.05, 0.1) is 17.5 Å². The van der Waals surface area contributed by atoms with Crippen LogP contribution < -0.4 is 10.9 Å². The van der Waals surface area contributed by atoms with E-state index < -0.39 is 5.91 Å². The van der Waals surface area contributed by atoms with Crippen LogP contribution in [0.1, 0.15) is 38.4 Å². The number of rotatable bonds is 5. The van der Waals surface area contributed by atoms with Gasteiger partial charge in [0.1, 0.15) is 5.56 Å². The molecule has 1 aliphatic heterocycles. The summed E-state index contributed by atoms with van der Waals surface area (Å²) in [4.78, 5) is 40.3. The third-order valence-electron chi connectivity index (χ3n) is 5.42. The van der Waals surface area contributed by atoms with Crippen LogP contribution in [-0.4, -0.2) is 48.1 Å². The van der Waals surface area contributed by atoms with E-state index >= 15 is 0 Å². The molecule has 1 unspecified atom stereocenters. The second kappa shape index (κ2) is 8.64. The van der Waals surface area contributed by atoms with Crippen molar-refractivity contribution in [3.8, 4) is 0 Å².